The maximum absolute atomic E-state index is 12.4. The SMILES string of the molecule is CCC(C)(C)c1ccc(OC(=O)c2ccc(OCCOc3ccccc3)cc2)cc1. The van der Waals surface area contributed by atoms with Gasteiger partial charge in [-0.05, 0) is 65.9 Å². The van der Waals surface area contributed by atoms with Crippen LogP contribution in [0.2, 0.25) is 0 Å². The third kappa shape index (κ3) is 5.86. The molecular formula is C26H28O4. The van der Waals surface area contributed by atoms with Crippen LogP contribution < -0.4 is 14.2 Å². The topological polar surface area (TPSA) is 44.8 Å². The van der Waals surface area contributed by atoms with Crippen molar-refractivity contribution in [3.63, 3.8) is 0 Å². The first kappa shape index (κ1) is 21.4. The summed E-state index contributed by atoms with van der Waals surface area (Å²) in [5.41, 5.74) is 1.80. The molecule has 0 spiro atoms. The highest BCUT2D eigenvalue weighted by Crippen LogP contribution is 2.28. The van der Waals surface area contributed by atoms with Gasteiger partial charge in [-0.3, -0.25) is 0 Å². The molecule has 0 radical (unpaired) electrons. The Kier molecular flexibility index (Phi) is 7.12. The van der Waals surface area contributed by atoms with Crippen LogP contribution in [0.15, 0.2) is 78.9 Å². The van der Waals surface area contributed by atoms with Gasteiger partial charge in [-0.25, -0.2) is 4.79 Å². The van der Waals surface area contributed by atoms with Gasteiger partial charge in [-0.1, -0.05) is 51.1 Å². The number of hydrogen-bond donors (Lipinski definition) is 0. The highest BCUT2D eigenvalue weighted by Gasteiger charge is 2.18. The molecule has 156 valence electrons. The second kappa shape index (κ2) is 9.97. The predicted molar refractivity (Wildman–Crippen MR) is 119 cm³/mol. The molecule has 0 bridgehead atoms. The minimum absolute atomic E-state index is 0.102. The highest BCUT2D eigenvalue weighted by molar-refractivity contribution is 5.91. The van der Waals surface area contributed by atoms with Crippen LogP contribution in [0, 0.1) is 0 Å². The second-order valence-corrected chi connectivity index (χ2v) is 7.69. The number of ether oxygens (including phenoxy) is 3. The van der Waals surface area contributed by atoms with Gasteiger partial charge in [-0.2, -0.15) is 0 Å². The first-order valence-electron chi connectivity index (χ1n) is 10.2. The van der Waals surface area contributed by atoms with E-state index in [-0.39, 0.29) is 5.41 Å². The van der Waals surface area contributed by atoms with E-state index < -0.39 is 5.97 Å². The molecule has 3 aromatic rings. The van der Waals surface area contributed by atoms with Crippen LogP contribution in [0.1, 0.15) is 43.1 Å². The number of hydrogen-bond acceptors (Lipinski definition) is 4. The Hall–Kier alpha value is -3.27. The van der Waals surface area contributed by atoms with E-state index in [9.17, 15) is 4.79 Å². The first-order chi connectivity index (χ1) is 14.5. The number of esters is 1. The van der Waals surface area contributed by atoms with E-state index in [0.29, 0.717) is 30.3 Å². The molecule has 0 aliphatic rings. The second-order valence-electron chi connectivity index (χ2n) is 7.69. The minimum atomic E-state index is -0.392. The van der Waals surface area contributed by atoms with E-state index in [2.05, 4.69) is 20.8 Å². The first-order valence-corrected chi connectivity index (χ1v) is 10.2. The monoisotopic (exact) mass is 404 g/mol. The molecule has 0 unspecified atom stereocenters. The maximum Gasteiger partial charge on any atom is 0.343 e. The van der Waals surface area contributed by atoms with E-state index in [4.69, 9.17) is 14.2 Å². The quantitative estimate of drug-likeness (QED) is 0.247. The summed E-state index contributed by atoms with van der Waals surface area (Å²) < 4.78 is 16.7. The zero-order valence-corrected chi connectivity index (χ0v) is 17.8. The molecule has 0 aliphatic carbocycles. The summed E-state index contributed by atoms with van der Waals surface area (Å²) in [6.07, 6.45) is 1.04. The van der Waals surface area contributed by atoms with E-state index in [0.717, 1.165) is 12.2 Å². The highest BCUT2D eigenvalue weighted by atomic mass is 16.5. The number of benzene rings is 3. The third-order valence-corrected chi connectivity index (χ3v) is 5.18. The molecule has 0 atom stereocenters. The molecule has 0 N–H and O–H groups in total. The smallest absolute Gasteiger partial charge is 0.343 e. The fourth-order valence-electron chi connectivity index (χ4n) is 2.87. The Morgan fingerprint density at radius 3 is 1.83 bits per heavy atom. The number of carbonyl (C=O) groups excluding carboxylic acids is 1. The Morgan fingerprint density at radius 1 is 0.733 bits per heavy atom. The number of para-hydroxylation sites is 1. The lowest BCUT2D eigenvalue weighted by Gasteiger charge is -2.23. The summed E-state index contributed by atoms with van der Waals surface area (Å²) >= 11 is 0. The van der Waals surface area contributed by atoms with Gasteiger partial charge in [-0.15, -0.1) is 0 Å². The standard InChI is InChI=1S/C26H28O4/c1-4-26(2,3)21-12-16-24(17-13-21)30-25(27)20-10-14-23(15-11-20)29-19-18-28-22-8-6-5-7-9-22/h5-17H,4,18-19H2,1-3H3. The Bertz CT molecular complexity index is 929. The van der Waals surface area contributed by atoms with Crippen LogP contribution in [-0.2, 0) is 5.41 Å². The van der Waals surface area contributed by atoms with Crippen LogP contribution in [0.25, 0.3) is 0 Å². The Balaban J connectivity index is 1.48. The van der Waals surface area contributed by atoms with Crippen LogP contribution in [0.4, 0.5) is 0 Å². The van der Waals surface area contributed by atoms with Gasteiger partial charge in [0.15, 0.2) is 0 Å². The van der Waals surface area contributed by atoms with Crippen molar-refractivity contribution in [2.45, 2.75) is 32.6 Å². The minimum Gasteiger partial charge on any atom is -0.490 e. The largest absolute Gasteiger partial charge is 0.490 e. The zero-order valence-electron chi connectivity index (χ0n) is 17.8. The Morgan fingerprint density at radius 2 is 1.27 bits per heavy atom. The van der Waals surface area contributed by atoms with Crippen LogP contribution >= 0.6 is 0 Å². The third-order valence-electron chi connectivity index (χ3n) is 5.18. The van der Waals surface area contributed by atoms with E-state index >= 15 is 0 Å². The van der Waals surface area contributed by atoms with Crippen molar-refractivity contribution in [1.29, 1.82) is 0 Å². The number of rotatable bonds is 9. The van der Waals surface area contributed by atoms with Crippen LogP contribution in [-0.4, -0.2) is 19.2 Å². The molecule has 0 saturated carbocycles. The fourth-order valence-corrected chi connectivity index (χ4v) is 2.87. The lowest BCUT2D eigenvalue weighted by Crippen LogP contribution is -2.15. The maximum atomic E-state index is 12.4. The van der Waals surface area contributed by atoms with E-state index in [1.165, 1.54) is 5.56 Å². The molecule has 0 aromatic heterocycles. The Labute approximate surface area is 178 Å². The summed E-state index contributed by atoms with van der Waals surface area (Å²) in [6, 6.07) is 24.2. The summed E-state index contributed by atoms with van der Waals surface area (Å²) in [6.45, 7) is 7.42. The van der Waals surface area contributed by atoms with Crippen molar-refractivity contribution in [3.8, 4) is 17.2 Å². The molecule has 0 saturated heterocycles. The average molecular weight is 405 g/mol. The molecule has 0 aliphatic heterocycles. The van der Waals surface area contributed by atoms with Crippen molar-refractivity contribution in [2.75, 3.05) is 13.2 Å². The summed E-state index contributed by atoms with van der Waals surface area (Å²) in [5.74, 6) is 1.63. The molecule has 4 heteroatoms. The molecular weight excluding hydrogens is 376 g/mol. The number of carbonyl (C=O) groups is 1. The molecule has 0 heterocycles. The average Bonchev–Trinajstić information content (AvgIpc) is 2.78. The van der Waals surface area contributed by atoms with Gasteiger partial charge in [0.05, 0.1) is 5.56 Å². The normalized spacial score (nSPS) is 11.0. The van der Waals surface area contributed by atoms with Gasteiger partial charge in [0.2, 0.25) is 0 Å². The molecule has 0 amide bonds. The summed E-state index contributed by atoms with van der Waals surface area (Å²) in [4.78, 5) is 12.4. The fraction of sp³-hybridized carbons (Fsp3) is 0.269. The summed E-state index contributed by atoms with van der Waals surface area (Å²) in [7, 11) is 0. The van der Waals surface area contributed by atoms with Crippen molar-refractivity contribution in [3.05, 3.63) is 90.0 Å². The zero-order chi connectivity index (χ0) is 21.4. The van der Waals surface area contributed by atoms with E-state index in [1.807, 2.05) is 54.6 Å². The van der Waals surface area contributed by atoms with Gasteiger partial charge in [0.1, 0.15) is 30.5 Å². The van der Waals surface area contributed by atoms with Crippen molar-refractivity contribution in [2.24, 2.45) is 0 Å². The van der Waals surface area contributed by atoms with Crippen LogP contribution in [0.3, 0.4) is 0 Å². The van der Waals surface area contributed by atoms with Crippen LogP contribution in [0.5, 0.6) is 17.2 Å². The van der Waals surface area contributed by atoms with Crippen molar-refractivity contribution >= 4 is 5.97 Å². The van der Waals surface area contributed by atoms with E-state index in [1.54, 1.807) is 24.3 Å². The molecule has 30 heavy (non-hydrogen) atoms. The van der Waals surface area contributed by atoms with Gasteiger partial charge < -0.3 is 14.2 Å². The predicted octanol–water partition coefficient (Wildman–Crippen LogP) is 6.05. The lowest BCUT2D eigenvalue weighted by molar-refractivity contribution is 0.0734. The molecule has 0 fully saturated rings. The lowest BCUT2D eigenvalue weighted by atomic mass is 9.82. The molecule has 3 aromatic carbocycles. The van der Waals surface area contributed by atoms with Gasteiger partial charge in [0, 0.05) is 0 Å². The summed E-state index contributed by atoms with van der Waals surface area (Å²) in [5, 5.41) is 0. The molecule has 3 rings (SSSR count). The van der Waals surface area contributed by atoms with Gasteiger partial charge >= 0.3 is 5.97 Å². The van der Waals surface area contributed by atoms with Gasteiger partial charge in [0.25, 0.3) is 0 Å². The molecule has 4 nitrogen and oxygen atoms in total. The van der Waals surface area contributed by atoms with Crippen molar-refractivity contribution < 1.29 is 19.0 Å². The van der Waals surface area contributed by atoms with Crippen molar-refractivity contribution in [1.82, 2.24) is 0 Å².